The molecule has 0 N–H and O–H groups in total. The van der Waals surface area contributed by atoms with Crippen LogP contribution in [0.4, 0.5) is 18.9 Å². The summed E-state index contributed by atoms with van der Waals surface area (Å²) in [5.41, 5.74) is 0.492. The van der Waals surface area contributed by atoms with Crippen LogP contribution in [0.5, 0.6) is 0 Å². The summed E-state index contributed by atoms with van der Waals surface area (Å²) in [5, 5.41) is 0.508. The number of alkyl halides is 3. The van der Waals surface area contributed by atoms with Crippen molar-refractivity contribution < 1.29 is 13.2 Å². The fourth-order valence-electron chi connectivity index (χ4n) is 1.06. The van der Waals surface area contributed by atoms with Crippen LogP contribution in [0.2, 0.25) is 5.02 Å². The number of rotatable bonds is 2. The summed E-state index contributed by atoms with van der Waals surface area (Å²) in [6.45, 7) is -0.964. The van der Waals surface area contributed by atoms with Gasteiger partial charge in [-0.1, -0.05) is 11.6 Å². The van der Waals surface area contributed by atoms with E-state index >= 15 is 0 Å². The average molecular weight is 224 g/mol. The van der Waals surface area contributed by atoms with Crippen molar-refractivity contribution in [2.45, 2.75) is 6.18 Å². The Labute approximate surface area is 85.1 Å². The van der Waals surface area contributed by atoms with Gasteiger partial charge in [-0.3, -0.25) is 0 Å². The lowest BCUT2D eigenvalue weighted by atomic mass is 10.3. The van der Waals surface area contributed by atoms with Crippen molar-refractivity contribution in [1.29, 1.82) is 0 Å². The van der Waals surface area contributed by atoms with Gasteiger partial charge in [0, 0.05) is 17.8 Å². The van der Waals surface area contributed by atoms with E-state index in [9.17, 15) is 13.2 Å². The van der Waals surface area contributed by atoms with E-state index in [1.807, 2.05) is 0 Å². The third-order valence-corrected chi connectivity index (χ3v) is 1.94. The van der Waals surface area contributed by atoms with Crippen molar-refractivity contribution in [3.05, 3.63) is 29.3 Å². The van der Waals surface area contributed by atoms with Crippen LogP contribution in [-0.4, -0.2) is 19.8 Å². The molecule has 0 atom stereocenters. The second kappa shape index (κ2) is 4.09. The molecule has 0 amide bonds. The number of hydrogen-bond donors (Lipinski definition) is 0. The first kappa shape index (κ1) is 11.2. The number of benzene rings is 1. The van der Waals surface area contributed by atoms with Crippen LogP contribution in [0, 0.1) is 0 Å². The normalized spacial score (nSPS) is 11.5. The first-order chi connectivity index (χ1) is 6.38. The van der Waals surface area contributed by atoms with Crippen molar-refractivity contribution in [2.75, 3.05) is 18.5 Å². The van der Waals surface area contributed by atoms with E-state index in [-0.39, 0.29) is 0 Å². The molecule has 0 saturated carbocycles. The molecule has 1 rings (SSSR count). The smallest absolute Gasteiger partial charge is 0.366 e. The van der Waals surface area contributed by atoms with Crippen molar-refractivity contribution in [3.63, 3.8) is 0 Å². The van der Waals surface area contributed by atoms with Gasteiger partial charge in [0.25, 0.3) is 0 Å². The van der Waals surface area contributed by atoms with Gasteiger partial charge in [-0.05, 0) is 24.3 Å². The Bertz CT molecular complexity index is 294. The maximum atomic E-state index is 12.0. The average Bonchev–Trinajstić information content (AvgIpc) is 2.02. The van der Waals surface area contributed by atoms with Crippen LogP contribution >= 0.6 is 11.6 Å². The molecule has 1 aromatic rings. The largest absolute Gasteiger partial charge is 0.405 e. The molecule has 0 aliphatic carbocycles. The highest BCUT2D eigenvalue weighted by atomic mass is 35.5. The zero-order valence-electron chi connectivity index (χ0n) is 7.48. The van der Waals surface area contributed by atoms with Gasteiger partial charge in [-0.15, -0.1) is 0 Å². The van der Waals surface area contributed by atoms with Gasteiger partial charge in [0.1, 0.15) is 6.54 Å². The SMILES string of the molecule is CN(CC(F)(F)F)c1ccc(Cl)cc1. The molecule has 0 fully saturated rings. The second-order valence-electron chi connectivity index (χ2n) is 2.95. The highest BCUT2D eigenvalue weighted by molar-refractivity contribution is 6.30. The first-order valence-corrected chi connectivity index (χ1v) is 4.30. The Kier molecular flexibility index (Phi) is 3.26. The van der Waals surface area contributed by atoms with E-state index in [4.69, 9.17) is 11.6 Å². The van der Waals surface area contributed by atoms with E-state index in [2.05, 4.69) is 0 Å². The summed E-state index contributed by atoms with van der Waals surface area (Å²) in [7, 11) is 1.39. The minimum absolute atomic E-state index is 0.492. The first-order valence-electron chi connectivity index (χ1n) is 3.92. The van der Waals surface area contributed by atoms with Crippen LogP contribution in [0.15, 0.2) is 24.3 Å². The fraction of sp³-hybridized carbons (Fsp3) is 0.333. The van der Waals surface area contributed by atoms with E-state index in [0.29, 0.717) is 10.7 Å². The molecule has 0 spiro atoms. The maximum Gasteiger partial charge on any atom is 0.405 e. The molecule has 5 heteroatoms. The van der Waals surface area contributed by atoms with Crippen LogP contribution in [0.3, 0.4) is 0 Å². The molecule has 78 valence electrons. The summed E-state index contributed by atoms with van der Waals surface area (Å²) < 4.78 is 36.0. The van der Waals surface area contributed by atoms with Crippen LogP contribution in [0.1, 0.15) is 0 Å². The highest BCUT2D eigenvalue weighted by Crippen LogP contribution is 2.21. The topological polar surface area (TPSA) is 3.24 Å². The van der Waals surface area contributed by atoms with Crippen molar-refractivity contribution in [2.24, 2.45) is 0 Å². The molecule has 0 unspecified atom stereocenters. The monoisotopic (exact) mass is 223 g/mol. The molecule has 0 aliphatic heterocycles. The van der Waals surface area contributed by atoms with Crippen LogP contribution in [-0.2, 0) is 0 Å². The van der Waals surface area contributed by atoms with Crippen molar-refractivity contribution in [3.8, 4) is 0 Å². The molecule has 0 bridgehead atoms. The minimum Gasteiger partial charge on any atom is -0.366 e. The summed E-state index contributed by atoms with van der Waals surface area (Å²) >= 11 is 5.61. The number of hydrogen-bond acceptors (Lipinski definition) is 1. The zero-order valence-corrected chi connectivity index (χ0v) is 8.23. The summed E-state index contributed by atoms with van der Waals surface area (Å²) in [6.07, 6.45) is -4.19. The Morgan fingerprint density at radius 2 is 1.71 bits per heavy atom. The highest BCUT2D eigenvalue weighted by Gasteiger charge is 2.29. The van der Waals surface area contributed by atoms with Crippen molar-refractivity contribution in [1.82, 2.24) is 0 Å². The van der Waals surface area contributed by atoms with Gasteiger partial charge in [0.15, 0.2) is 0 Å². The molecular weight excluding hydrogens is 215 g/mol. The molecule has 0 heterocycles. The Morgan fingerprint density at radius 3 is 2.14 bits per heavy atom. The van der Waals surface area contributed by atoms with Gasteiger partial charge in [0.2, 0.25) is 0 Å². The molecule has 0 aliphatic rings. The van der Waals surface area contributed by atoms with E-state index in [1.165, 1.54) is 7.05 Å². The van der Waals surface area contributed by atoms with E-state index in [1.54, 1.807) is 24.3 Å². The molecule has 0 aromatic heterocycles. The van der Waals surface area contributed by atoms with E-state index in [0.717, 1.165) is 4.90 Å². The molecular formula is C9H9ClF3N. The third kappa shape index (κ3) is 3.46. The fourth-order valence-corrected chi connectivity index (χ4v) is 1.18. The standard InChI is InChI=1S/C9H9ClF3N/c1-14(6-9(11,12)13)8-4-2-7(10)3-5-8/h2-5H,6H2,1H3. The van der Waals surface area contributed by atoms with Gasteiger partial charge >= 0.3 is 6.18 Å². The van der Waals surface area contributed by atoms with Crippen molar-refractivity contribution >= 4 is 17.3 Å². The summed E-state index contributed by atoms with van der Waals surface area (Å²) in [4.78, 5) is 1.12. The van der Waals surface area contributed by atoms with E-state index < -0.39 is 12.7 Å². The van der Waals surface area contributed by atoms with Gasteiger partial charge in [-0.2, -0.15) is 13.2 Å². The predicted molar refractivity (Wildman–Crippen MR) is 50.8 cm³/mol. The van der Waals surface area contributed by atoms with Crippen LogP contribution < -0.4 is 4.90 Å². The number of anilines is 1. The molecule has 0 radical (unpaired) electrons. The quantitative estimate of drug-likeness (QED) is 0.743. The Balaban J connectivity index is 2.70. The molecule has 0 saturated heterocycles. The summed E-state index contributed by atoms with van der Waals surface area (Å²) in [6, 6.07) is 6.22. The molecule has 1 nitrogen and oxygen atoms in total. The summed E-state index contributed by atoms with van der Waals surface area (Å²) in [5.74, 6) is 0. The Hall–Kier alpha value is -0.900. The molecule has 1 aromatic carbocycles. The number of halogens is 4. The maximum absolute atomic E-state index is 12.0. The third-order valence-electron chi connectivity index (χ3n) is 1.68. The zero-order chi connectivity index (χ0) is 10.8. The molecule has 14 heavy (non-hydrogen) atoms. The lowest BCUT2D eigenvalue weighted by Crippen LogP contribution is -2.30. The predicted octanol–water partition coefficient (Wildman–Crippen LogP) is 3.34. The minimum atomic E-state index is -4.19. The van der Waals surface area contributed by atoms with Gasteiger partial charge in [0.05, 0.1) is 0 Å². The van der Waals surface area contributed by atoms with Gasteiger partial charge < -0.3 is 4.90 Å². The van der Waals surface area contributed by atoms with Gasteiger partial charge in [-0.25, -0.2) is 0 Å². The lowest BCUT2D eigenvalue weighted by Gasteiger charge is -2.20. The lowest BCUT2D eigenvalue weighted by molar-refractivity contribution is -0.119. The number of nitrogens with zero attached hydrogens (tertiary/aromatic N) is 1. The Morgan fingerprint density at radius 1 is 1.21 bits per heavy atom. The van der Waals surface area contributed by atoms with Crippen LogP contribution in [0.25, 0.3) is 0 Å². The second-order valence-corrected chi connectivity index (χ2v) is 3.38.